The monoisotopic (exact) mass is 575 g/mol. The molecule has 42 heavy (non-hydrogen) atoms. The number of thiophene rings is 1. The van der Waals surface area contributed by atoms with Crippen LogP contribution in [0, 0.1) is 0 Å². The molecule has 9 nitrogen and oxygen atoms in total. The van der Waals surface area contributed by atoms with Gasteiger partial charge in [0.15, 0.2) is 0 Å². The van der Waals surface area contributed by atoms with E-state index in [1.54, 1.807) is 17.0 Å². The second-order valence-electron chi connectivity index (χ2n) is 9.87. The highest BCUT2D eigenvalue weighted by atomic mass is 32.1. The number of tetrazole rings is 1. The summed E-state index contributed by atoms with van der Waals surface area (Å²) in [5, 5.41) is 16.4. The van der Waals surface area contributed by atoms with Crippen molar-refractivity contribution in [3.05, 3.63) is 111 Å². The Balaban J connectivity index is 1.37. The summed E-state index contributed by atoms with van der Waals surface area (Å²) in [6, 6.07) is 25.0. The lowest BCUT2D eigenvalue weighted by Gasteiger charge is -2.19. The van der Waals surface area contributed by atoms with Crippen LogP contribution in [0.2, 0.25) is 0 Å². The van der Waals surface area contributed by atoms with Crippen LogP contribution < -0.4 is 10.3 Å². The fourth-order valence-electron chi connectivity index (χ4n) is 5.22. The standard InChI is InChI=1S/C32H29N7O2S/c1-3-8-29-33-26-19-23(38(4-2)32(41)28-11-7-18-42-28)16-17-27(40)30(26)39(29)20-21-12-14-22(15-13-21)24-9-5-6-10-25(24)31-34-36-37-35-31/h5-7,9-19H,3-4,8,20H2,1-2H3,(H,34,35,36,37). The summed E-state index contributed by atoms with van der Waals surface area (Å²) in [4.78, 5) is 33.9. The second kappa shape index (κ2) is 11.9. The zero-order chi connectivity index (χ0) is 29.1. The van der Waals surface area contributed by atoms with Crippen molar-refractivity contribution >= 4 is 34.0 Å². The van der Waals surface area contributed by atoms with Gasteiger partial charge in [0, 0.05) is 30.8 Å². The molecule has 210 valence electrons. The second-order valence-corrected chi connectivity index (χ2v) is 10.8. The fraction of sp³-hybridized carbons (Fsp3) is 0.188. The van der Waals surface area contributed by atoms with E-state index in [2.05, 4.69) is 51.8 Å². The van der Waals surface area contributed by atoms with Gasteiger partial charge in [0.1, 0.15) is 11.3 Å². The van der Waals surface area contributed by atoms with E-state index in [1.807, 2.05) is 59.3 Å². The van der Waals surface area contributed by atoms with Gasteiger partial charge in [-0.3, -0.25) is 9.59 Å². The molecule has 0 saturated heterocycles. The molecule has 0 aliphatic carbocycles. The number of aryl methyl sites for hydroxylation is 1. The maximum atomic E-state index is 13.5. The number of anilines is 1. The van der Waals surface area contributed by atoms with Crippen LogP contribution in [0.25, 0.3) is 33.5 Å². The summed E-state index contributed by atoms with van der Waals surface area (Å²) < 4.78 is 2.02. The van der Waals surface area contributed by atoms with Gasteiger partial charge >= 0.3 is 0 Å². The Morgan fingerprint density at radius 2 is 1.79 bits per heavy atom. The number of nitrogens with zero attached hydrogens (tertiary/aromatic N) is 6. The van der Waals surface area contributed by atoms with E-state index in [9.17, 15) is 9.59 Å². The van der Waals surface area contributed by atoms with Crippen molar-refractivity contribution in [3.8, 4) is 22.5 Å². The van der Waals surface area contributed by atoms with Crippen molar-refractivity contribution in [1.29, 1.82) is 0 Å². The highest BCUT2D eigenvalue weighted by molar-refractivity contribution is 7.12. The quantitative estimate of drug-likeness (QED) is 0.227. The smallest absolute Gasteiger partial charge is 0.268 e. The molecule has 3 aromatic heterocycles. The molecule has 6 rings (SSSR count). The zero-order valence-corrected chi connectivity index (χ0v) is 24.1. The molecule has 0 spiro atoms. The number of hydrogen-bond donors (Lipinski definition) is 1. The summed E-state index contributed by atoms with van der Waals surface area (Å²) in [5.41, 5.74) is 5.62. The van der Waals surface area contributed by atoms with Gasteiger partial charge in [0.25, 0.3) is 5.91 Å². The van der Waals surface area contributed by atoms with Gasteiger partial charge in [-0.2, -0.15) is 5.21 Å². The Kier molecular flexibility index (Phi) is 7.70. The van der Waals surface area contributed by atoms with Crippen molar-refractivity contribution in [1.82, 2.24) is 30.2 Å². The number of aromatic amines is 1. The summed E-state index contributed by atoms with van der Waals surface area (Å²) in [6.07, 6.45) is 1.62. The third kappa shape index (κ3) is 5.24. The van der Waals surface area contributed by atoms with E-state index < -0.39 is 0 Å². The van der Waals surface area contributed by atoms with Crippen molar-refractivity contribution in [2.24, 2.45) is 0 Å². The first kappa shape index (κ1) is 27.2. The number of benzene rings is 2. The number of nitrogens with one attached hydrogen (secondary N) is 1. The lowest BCUT2D eigenvalue weighted by Crippen LogP contribution is -2.29. The molecule has 0 unspecified atom stereocenters. The molecule has 3 aromatic carbocycles. The number of fused-ring (bicyclic) bond motifs is 1. The van der Waals surface area contributed by atoms with Crippen molar-refractivity contribution < 1.29 is 4.79 Å². The first-order valence-electron chi connectivity index (χ1n) is 13.9. The molecule has 0 bridgehead atoms. The first-order valence-corrected chi connectivity index (χ1v) is 14.8. The van der Waals surface area contributed by atoms with Crippen LogP contribution in [0.15, 0.2) is 89.0 Å². The number of H-pyrrole nitrogens is 1. The Hall–Kier alpha value is -4.96. The van der Waals surface area contributed by atoms with Crippen LogP contribution in [-0.2, 0) is 13.0 Å². The molecule has 0 saturated carbocycles. The topological polar surface area (TPSA) is 110 Å². The maximum absolute atomic E-state index is 13.5. The van der Waals surface area contributed by atoms with Gasteiger partial charge in [0.2, 0.25) is 11.3 Å². The predicted octanol–water partition coefficient (Wildman–Crippen LogP) is 5.97. The van der Waals surface area contributed by atoms with E-state index in [-0.39, 0.29) is 11.3 Å². The predicted molar refractivity (Wildman–Crippen MR) is 166 cm³/mol. The van der Waals surface area contributed by atoms with Crippen LogP contribution in [0.5, 0.6) is 0 Å². The summed E-state index contributed by atoms with van der Waals surface area (Å²) >= 11 is 1.40. The normalized spacial score (nSPS) is 11.2. The number of rotatable bonds is 9. The van der Waals surface area contributed by atoms with Crippen molar-refractivity contribution in [2.45, 2.75) is 33.2 Å². The summed E-state index contributed by atoms with van der Waals surface area (Å²) in [6.45, 7) is 5.00. The number of hydrogen-bond acceptors (Lipinski definition) is 7. The molecule has 0 fully saturated rings. The minimum absolute atomic E-state index is 0.0893. The summed E-state index contributed by atoms with van der Waals surface area (Å²) in [7, 11) is 0. The van der Waals surface area contributed by atoms with Gasteiger partial charge < -0.3 is 9.47 Å². The molecule has 0 radical (unpaired) electrons. The molecule has 0 aliphatic rings. The number of aromatic nitrogens is 6. The zero-order valence-electron chi connectivity index (χ0n) is 23.3. The van der Waals surface area contributed by atoms with Crippen LogP contribution in [0.3, 0.4) is 0 Å². The fourth-order valence-corrected chi connectivity index (χ4v) is 5.89. The van der Waals surface area contributed by atoms with Crippen LogP contribution >= 0.6 is 11.3 Å². The van der Waals surface area contributed by atoms with Crippen molar-refractivity contribution in [3.63, 3.8) is 0 Å². The molecule has 1 N–H and O–H groups in total. The largest absolute Gasteiger partial charge is 0.320 e. The molecule has 0 aliphatic heterocycles. The first-order chi connectivity index (χ1) is 20.6. The molecular weight excluding hydrogens is 546 g/mol. The Bertz CT molecular complexity index is 1900. The minimum Gasteiger partial charge on any atom is -0.320 e. The molecule has 10 heteroatoms. The highest BCUT2D eigenvalue weighted by Crippen LogP contribution is 2.30. The molecule has 0 atom stereocenters. The SMILES string of the molecule is CCCc1nc2cc(N(CC)C(=O)c3cccs3)ccc(=O)c2n1Cc1ccc(-c2ccccc2-c2nn[nH]n2)cc1. The Morgan fingerprint density at radius 3 is 2.48 bits per heavy atom. The van der Waals surface area contributed by atoms with E-state index >= 15 is 0 Å². The van der Waals surface area contributed by atoms with E-state index in [0.29, 0.717) is 40.5 Å². The number of imidazole rings is 1. The average Bonchev–Trinajstić information content (AvgIpc) is 3.78. The lowest BCUT2D eigenvalue weighted by molar-refractivity contribution is 0.0992. The number of carbonyl (C=O) groups excluding carboxylic acids is 1. The van der Waals surface area contributed by atoms with Gasteiger partial charge in [-0.1, -0.05) is 61.5 Å². The van der Waals surface area contributed by atoms with E-state index in [0.717, 1.165) is 40.9 Å². The van der Waals surface area contributed by atoms with Crippen molar-refractivity contribution in [2.75, 3.05) is 11.4 Å². The Morgan fingerprint density at radius 1 is 0.976 bits per heavy atom. The summed E-state index contributed by atoms with van der Waals surface area (Å²) in [5.74, 6) is 1.30. The van der Waals surface area contributed by atoms with Crippen LogP contribution in [0.4, 0.5) is 5.69 Å². The van der Waals surface area contributed by atoms with E-state index in [1.165, 1.54) is 11.3 Å². The third-order valence-electron chi connectivity index (χ3n) is 7.19. The number of carbonyl (C=O) groups is 1. The maximum Gasteiger partial charge on any atom is 0.268 e. The minimum atomic E-state index is -0.128. The lowest BCUT2D eigenvalue weighted by atomic mass is 9.98. The average molecular weight is 576 g/mol. The Labute approximate surface area is 246 Å². The molecule has 6 aromatic rings. The van der Waals surface area contributed by atoms with Gasteiger partial charge in [-0.15, -0.1) is 21.5 Å². The molecule has 1 amide bonds. The van der Waals surface area contributed by atoms with Gasteiger partial charge in [-0.05, 0) is 64.9 Å². The highest BCUT2D eigenvalue weighted by Gasteiger charge is 2.20. The van der Waals surface area contributed by atoms with Crippen LogP contribution in [-0.4, -0.2) is 42.6 Å². The number of amides is 1. The molecule has 3 heterocycles. The third-order valence-corrected chi connectivity index (χ3v) is 8.05. The van der Waals surface area contributed by atoms with Gasteiger partial charge in [-0.25, -0.2) is 4.98 Å². The van der Waals surface area contributed by atoms with Crippen LogP contribution in [0.1, 0.15) is 41.3 Å². The van der Waals surface area contributed by atoms with Gasteiger partial charge in [0.05, 0.1) is 10.4 Å². The molecular formula is C32H29N7O2S. The van der Waals surface area contributed by atoms with E-state index in [4.69, 9.17) is 4.98 Å².